The Morgan fingerprint density at radius 3 is 2.38 bits per heavy atom. The predicted molar refractivity (Wildman–Crippen MR) is 53.6 cm³/mol. The molecule has 1 fully saturated rings. The Bertz CT molecular complexity index is 165. The van der Waals surface area contributed by atoms with Crippen LogP contribution in [0, 0.1) is 11.3 Å². The normalized spacial score (nSPS) is 35.3. The molecular formula is C11H22O2. The van der Waals surface area contributed by atoms with Crippen LogP contribution in [0.2, 0.25) is 0 Å². The molecule has 0 aliphatic carbocycles. The second-order valence-corrected chi connectivity index (χ2v) is 5.04. The van der Waals surface area contributed by atoms with Gasteiger partial charge in [-0.1, -0.05) is 20.8 Å². The van der Waals surface area contributed by atoms with Crippen molar-refractivity contribution in [3.63, 3.8) is 0 Å². The van der Waals surface area contributed by atoms with Crippen LogP contribution in [0.1, 0.15) is 40.5 Å². The van der Waals surface area contributed by atoms with Crippen molar-refractivity contribution in [2.24, 2.45) is 11.3 Å². The fourth-order valence-corrected chi connectivity index (χ4v) is 2.47. The topological polar surface area (TPSA) is 29.5 Å². The van der Waals surface area contributed by atoms with Gasteiger partial charge in [0.25, 0.3) is 0 Å². The number of aliphatic hydroxyl groups is 1. The van der Waals surface area contributed by atoms with Gasteiger partial charge in [-0.3, -0.25) is 0 Å². The minimum atomic E-state index is 0.110. The van der Waals surface area contributed by atoms with Crippen molar-refractivity contribution in [3.8, 4) is 0 Å². The lowest BCUT2D eigenvalue weighted by molar-refractivity contribution is -0.0380. The van der Waals surface area contributed by atoms with Gasteiger partial charge in [-0.15, -0.1) is 0 Å². The first-order chi connectivity index (χ1) is 5.97. The third-order valence-corrected chi connectivity index (χ3v) is 3.13. The fraction of sp³-hybridized carbons (Fsp3) is 1.00. The Morgan fingerprint density at radius 1 is 1.38 bits per heavy atom. The molecule has 1 saturated heterocycles. The minimum absolute atomic E-state index is 0.110. The summed E-state index contributed by atoms with van der Waals surface area (Å²) in [5.41, 5.74) is 0.110. The van der Waals surface area contributed by atoms with Crippen LogP contribution in [-0.2, 0) is 4.74 Å². The molecule has 0 spiro atoms. The number of ether oxygens (including phenoxy) is 1. The lowest BCUT2D eigenvalue weighted by atomic mass is 9.78. The van der Waals surface area contributed by atoms with Crippen LogP contribution in [0.25, 0.3) is 0 Å². The highest BCUT2D eigenvalue weighted by Gasteiger charge is 2.39. The maximum absolute atomic E-state index is 8.96. The molecular weight excluding hydrogens is 164 g/mol. The van der Waals surface area contributed by atoms with Crippen molar-refractivity contribution in [3.05, 3.63) is 0 Å². The largest absolute Gasteiger partial charge is 0.396 e. The fourth-order valence-electron chi connectivity index (χ4n) is 2.47. The van der Waals surface area contributed by atoms with Gasteiger partial charge in [-0.2, -0.15) is 0 Å². The van der Waals surface area contributed by atoms with Gasteiger partial charge < -0.3 is 9.84 Å². The molecule has 1 aliphatic heterocycles. The molecule has 3 atom stereocenters. The number of hydrogen-bond acceptors (Lipinski definition) is 2. The van der Waals surface area contributed by atoms with Crippen molar-refractivity contribution >= 4 is 0 Å². The Kier molecular flexibility index (Phi) is 3.36. The second-order valence-electron chi connectivity index (χ2n) is 5.04. The summed E-state index contributed by atoms with van der Waals surface area (Å²) in [4.78, 5) is 0. The zero-order valence-corrected chi connectivity index (χ0v) is 9.21. The van der Waals surface area contributed by atoms with Crippen molar-refractivity contribution in [2.75, 3.05) is 6.61 Å². The highest BCUT2D eigenvalue weighted by molar-refractivity contribution is 4.88. The van der Waals surface area contributed by atoms with E-state index in [1.807, 2.05) is 0 Å². The number of hydrogen-bond donors (Lipinski definition) is 1. The van der Waals surface area contributed by atoms with E-state index in [1.165, 1.54) is 0 Å². The van der Waals surface area contributed by atoms with Crippen LogP contribution >= 0.6 is 0 Å². The van der Waals surface area contributed by atoms with Crippen molar-refractivity contribution in [1.82, 2.24) is 0 Å². The van der Waals surface area contributed by atoms with Crippen LogP contribution in [-0.4, -0.2) is 23.9 Å². The Labute approximate surface area is 81.3 Å². The van der Waals surface area contributed by atoms with Crippen LogP contribution in [0.5, 0.6) is 0 Å². The third-order valence-electron chi connectivity index (χ3n) is 3.13. The monoisotopic (exact) mass is 186 g/mol. The number of aliphatic hydroxyl groups excluding tert-OH is 1. The van der Waals surface area contributed by atoms with Gasteiger partial charge in [-0.25, -0.2) is 0 Å². The van der Waals surface area contributed by atoms with Crippen LogP contribution in [0.4, 0.5) is 0 Å². The molecule has 0 aromatic rings. The highest BCUT2D eigenvalue weighted by atomic mass is 16.5. The van der Waals surface area contributed by atoms with Crippen molar-refractivity contribution in [1.29, 1.82) is 0 Å². The lowest BCUT2D eigenvalue weighted by Crippen LogP contribution is -2.34. The maximum Gasteiger partial charge on any atom is 0.0656 e. The van der Waals surface area contributed by atoms with Crippen LogP contribution in [0.15, 0.2) is 0 Å². The van der Waals surface area contributed by atoms with Crippen molar-refractivity contribution < 1.29 is 9.84 Å². The molecule has 13 heavy (non-hydrogen) atoms. The highest BCUT2D eigenvalue weighted by Crippen LogP contribution is 2.39. The van der Waals surface area contributed by atoms with E-state index in [9.17, 15) is 0 Å². The molecule has 0 radical (unpaired) electrons. The Hall–Kier alpha value is -0.0800. The molecule has 1 N–H and O–H groups in total. The predicted octanol–water partition coefficient (Wildman–Crippen LogP) is 2.21. The molecule has 3 unspecified atom stereocenters. The van der Waals surface area contributed by atoms with Gasteiger partial charge >= 0.3 is 0 Å². The average Bonchev–Trinajstić information content (AvgIpc) is 2.30. The van der Waals surface area contributed by atoms with Gasteiger partial charge in [0.1, 0.15) is 0 Å². The summed E-state index contributed by atoms with van der Waals surface area (Å²) in [6.45, 7) is 9.00. The van der Waals surface area contributed by atoms with E-state index in [2.05, 4.69) is 27.7 Å². The summed E-state index contributed by atoms with van der Waals surface area (Å²) < 4.78 is 5.88. The van der Waals surface area contributed by atoms with Crippen LogP contribution in [0.3, 0.4) is 0 Å². The Morgan fingerprint density at radius 2 is 2.00 bits per heavy atom. The molecule has 1 aliphatic rings. The molecule has 0 aromatic heterocycles. The molecule has 2 nitrogen and oxygen atoms in total. The molecule has 0 bridgehead atoms. The van der Waals surface area contributed by atoms with Gasteiger partial charge in [-0.05, 0) is 31.1 Å². The molecule has 0 aromatic carbocycles. The standard InChI is InChI=1S/C11H22O2/c1-8-7-9(2)13-10(8)11(3,4)5-6-12/h8-10,12H,5-7H2,1-4H3. The summed E-state index contributed by atoms with van der Waals surface area (Å²) in [6.07, 6.45) is 2.68. The van der Waals surface area contributed by atoms with E-state index < -0.39 is 0 Å². The molecule has 0 amide bonds. The molecule has 2 heteroatoms. The van der Waals surface area contributed by atoms with E-state index >= 15 is 0 Å². The number of rotatable bonds is 3. The maximum atomic E-state index is 8.96. The lowest BCUT2D eigenvalue weighted by Gasteiger charge is -2.33. The van der Waals surface area contributed by atoms with E-state index in [0.29, 0.717) is 18.1 Å². The zero-order valence-electron chi connectivity index (χ0n) is 9.21. The van der Waals surface area contributed by atoms with E-state index in [-0.39, 0.29) is 12.0 Å². The zero-order chi connectivity index (χ0) is 10.1. The Balaban J connectivity index is 2.60. The first-order valence-corrected chi connectivity index (χ1v) is 5.23. The van der Waals surface area contributed by atoms with Gasteiger partial charge in [0.2, 0.25) is 0 Å². The van der Waals surface area contributed by atoms with Gasteiger partial charge in [0, 0.05) is 6.61 Å². The quantitative estimate of drug-likeness (QED) is 0.732. The molecule has 78 valence electrons. The van der Waals surface area contributed by atoms with Crippen molar-refractivity contribution in [2.45, 2.75) is 52.7 Å². The molecule has 1 rings (SSSR count). The SMILES string of the molecule is CC1CC(C)C(C(C)(C)CCO)O1. The first kappa shape index (κ1) is 11.0. The molecule has 1 heterocycles. The summed E-state index contributed by atoms with van der Waals surface area (Å²) in [5, 5.41) is 8.96. The van der Waals surface area contributed by atoms with E-state index in [0.717, 1.165) is 12.8 Å². The molecule has 0 saturated carbocycles. The average molecular weight is 186 g/mol. The summed E-state index contributed by atoms with van der Waals surface area (Å²) in [6, 6.07) is 0. The summed E-state index contributed by atoms with van der Waals surface area (Å²) in [5.74, 6) is 0.622. The van der Waals surface area contributed by atoms with Gasteiger partial charge in [0.05, 0.1) is 12.2 Å². The minimum Gasteiger partial charge on any atom is -0.396 e. The van der Waals surface area contributed by atoms with E-state index in [1.54, 1.807) is 0 Å². The van der Waals surface area contributed by atoms with Gasteiger partial charge in [0.15, 0.2) is 0 Å². The summed E-state index contributed by atoms with van der Waals surface area (Å²) >= 11 is 0. The smallest absolute Gasteiger partial charge is 0.0656 e. The second kappa shape index (κ2) is 3.97. The third kappa shape index (κ3) is 2.44. The first-order valence-electron chi connectivity index (χ1n) is 5.23. The van der Waals surface area contributed by atoms with Crippen LogP contribution < -0.4 is 0 Å². The van der Waals surface area contributed by atoms with E-state index in [4.69, 9.17) is 9.84 Å². The summed E-state index contributed by atoms with van der Waals surface area (Å²) in [7, 11) is 0.